The zero-order valence-corrected chi connectivity index (χ0v) is 9.65. The first kappa shape index (κ1) is 13.0. The molecule has 0 aromatic carbocycles. The van der Waals surface area contributed by atoms with Crippen molar-refractivity contribution in [3.63, 3.8) is 0 Å². The van der Waals surface area contributed by atoms with E-state index in [4.69, 9.17) is 9.84 Å². The van der Waals surface area contributed by atoms with Gasteiger partial charge in [-0.1, -0.05) is 19.3 Å². The summed E-state index contributed by atoms with van der Waals surface area (Å²) >= 11 is 0. The van der Waals surface area contributed by atoms with Gasteiger partial charge in [-0.25, -0.2) is 0 Å². The smallest absolute Gasteiger partial charge is 0.323 e. The quantitative estimate of drug-likeness (QED) is 0.760. The molecular formula is C11H19NO4. The number of likely N-dealkylation sites (N-methyl/N-ethyl adjacent to an activating group) is 1. The summed E-state index contributed by atoms with van der Waals surface area (Å²) in [6, 6.07) is 0. The maximum Gasteiger partial charge on any atom is 0.323 e. The second-order valence-electron chi connectivity index (χ2n) is 4.21. The van der Waals surface area contributed by atoms with Crippen molar-refractivity contribution in [1.29, 1.82) is 0 Å². The number of aliphatic carboxylic acids is 1. The molecule has 1 amide bonds. The average Bonchev–Trinajstić information content (AvgIpc) is 2.26. The SMILES string of the molecule is CN(CC(=O)O)C(=O)COC1CCCCC1. The number of carbonyl (C=O) groups is 2. The first-order chi connectivity index (χ1) is 7.59. The van der Waals surface area contributed by atoms with Gasteiger partial charge in [-0.2, -0.15) is 0 Å². The molecule has 92 valence electrons. The molecule has 0 heterocycles. The molecule has 0 unspecified atom stereocenters. The summed E-state index contributed by atoms with van der Waals surface area (Å²) in [5.74, 6) is -1.28. The summed E-state index contributed by atoms with van der Waals surface area (Å²) in [7, 11) is 1.47. The van der Waals surface area contributed by atoms with Crippen LogP contribution in [0.3, 0.4) is 0 Å². The Hall–Kier alpha value is -1.10. The third-order valence-corrected chi connectivity index (χ3v) is 2.79. The van der Waals surface area contributed by atoms with Gasteiger partial charge in [0.05, 0.1) is 6.10 Å². The zero-order chi connectivity index (χ0) is 12.0. The first-order valence-electron chi connectivity index (χ1n) is 5.67. The van der Waals surface area contributed by atoms with Crippen molar-refractivity contribution in [3.05, 3.63) is 0 Å². The Kier molecular flexibility index (Phi) is 5.25. The molecule has 0 atom stereocenters. The third kappa shape index (κ3) is 4.61. The molecule has 16 heavy (non-hydrogen) atoms. The number of carboxylic acid groups (broad SMARTS) is 1. The molecule has 0 aromatic heterocycles. The summed E-state index contributed by atoms with van der Waals surface area (Å²) in [5, 5.41) is 8.52. The van der Waals surface area contributed by atoms with Crippen molar-refractivity contribution < 1.29 is 19.4 Å². The minimum absolute atomic E-state index is 0.00551. The van der Waals surface area contributed by atoms with Crippen LogP contribution < -0.4 is 0 Å². The Balaban J connectivity index is 2.20. The Morgan fingerprint density at radius 1 is 1.31 bits per heavy atom. The van der Waals surface area contributed by atoms with Gasteiger partial charge in [-0.15, -0.1) is 0 Å². The van der Waals surface area contributed by atoms with Gasteiger partial charge < -0.3 is 14.7 Å². The summed E-state index contributed by atoms with van der Waals surface area (Å²) in [4.78, 5) is 23.0. The van der Waals surface area contributed by atoms with Gasteiger partial charge in [-0.05, 0) is 12.8 Å². The summed E-state index contributed by atoms with van der Waals surface area (Å²) < 4.78 is 5.46. The highest BCUT2D eigenvalue weighted by Gasteiger charge is 2.17. The Morgan fingerprint density at radius 3 is 2.50 bits per heavy atom. The van der Waals surface area contributed by atoms with Crippen LogP contribution in [0.25, 0.3) is 0 Å². The number of carbonyl (C=O) groups excluding carboxylic acids is 1. The second kappa shape index (κ2) is 6.48. The lowest BCUT2D eigenvalue weighted by molar-refractivity contribution is -0.146. The molecule has 1 N–H and O–H groups in total. The topological polar surface area (TPSA) is 66.8 Å². The lowest BCUT2D eigenvalue weighted by Gasteiger charge is -2.23. The molecule has 1 rings (SSSR count). The van der Waals surface area contributed by atoms with Crippen LogP contribution in [0.1, 0.15) is 32.1 Å². The van der Waals surface area contributed by atoms with E-state index in [9.17, 15) is 9.59 Å². The van der Waals surface area contributed by atoms with Crippen LogP contribution in [0, 0.1) is 0 Å². The molecule has 0 bridgehead atoms. The number of hydrogen-bond donors (Lipinski definition) is 1. The largest absolute Gasteiger partial charge is 0.480 e. The van der Waals surface area contributed by atoms with Crippen LogP contribution >= 0.6 is 0 Å². The van der Waals surface area contributed by atoms with Gasteiger partial charge in [0.2, 0.25) is 5.91 Å². The fourth-order valence-electron chi connectivity index (χ4n) is 1.82. The van der Waals surface area contributed by atoms with Gasteiger partial charge in [0.25, 0.3) is 0 Å². The van der Waals surface area contributed by atoms with E-state index in [1.54, 1.807) is 0 Å². The van der Waals surface area contributed by atoms with Crippen molar-refractivity contribution >= 4 is 11.9 Å². The van der Waals surface area contributed by atoms with Crippen LogP contribution in [0.2, 0.25) is 0 Å². The van der Waals surface area contributed by atoms with E-state index in [1.807, 2.05) is 0 Å². The molecule has 1 saturated carbocycles. The summed E-state index contributed by atoms with van der Waals surface area (Å²) in [5.41, 5.74) is 0. The van der Waals surface area contributed by atoms with Gasteiger partial charge in [0.1, 0.15) is 13.2 Å². The van der Waals surface area contributed by atoms with Gasteiger partial charge in [-0.3, -0.25) is 9.59 Å². The predicted octanol–water partition coefficient (Wildman–Crippen LogP) is 0.879. The minimum atomic E-state index is -1.01. The minimum Gasteiger partial charge on any atom is -0.480 e. The van der Waals surface area contributed by atoms with E-state index in [2.05, 4.69) is 0 Å². The molecule has 1 aliphatic rings. The number of hydrogen-bond acceptors (Lipinski definition) is 3. The van der Waals surface area contributed by atoms with E-state index in [0.717, 1.165) is 25.7 Å². The van der Waals surface area contributed by atoms with Crippen molar-refractivity contribution in [2.24, 2.45) is 0 Å². The first-order valence-corrected chi connectivity index (χ1v) is 5.67. The van der Waals surface area contributed by atoms with E-state index in [-0.39, 0.29) is 25.2 Å². The normalized spacial score (nSPS) is 17.1. The van der Waals surface area contributed by atoms with E-state index < -0.39 is 5.97 Å². The average molecular weight is 229 g/mol. The van der Waals surface area contributed by atoms with Crippen molar-refractivity contribution in [2.45, 2.75) is 38.2 Å². The lowest BCUT2D eigenvalue weighted by Crippen LogP contribution is -2.35. The highest BCUT2D eigenvalue weighted by Crippen LogP contribution is 2.20. The van der Waals surface area contributed by atoms with E-state index >= 15 is 0 Å². The maximum atomic E-state index is 11.5. The molecule has 0 spiro atoms. The predicted molar refractivity (Wildman–Crippen MR) is 58.1 cm³/mol. The second-order valence-corrected chi connectivity index (χ2v) is 4.21. The monoisotopic (exact) mass is 229 g/mol. The Bertz CT molecular complexity index is 248. The van der Waals surface area contributed by atoms with Crippen molar-refractivity contribution in [3.8, 4) is 0 Å². The van der Waals surface area contributed by atoms with Gasteiger partial charge in [0, 0.05) is 7.05 Å². The lowest BCUT2D eigenvalue weighted by atomic mass is 9.98. The molecule has 5 nitrogen and oxygen atoms in total. The Morgan fingerprint density at radius 2 is 1.94 bits per heavy atom. The standard InChI is InChI=1S/C11H19NO4/c1-12(7-11(14)15)10(13)8-16-9-5-3-2-4-6-9/h9H,2-8H2,1H3,(H,14,15). The van der Waals surface area contributed by atoms with Crippen LogP contribution in [0.15, 0.2) is 0 Å². The van der Waals surface area contributed by atoms with Crippen LogP contribution in [0.5, 0.6) is 0 Å². The van der Waals surface area contributed by atoms with Crippen molar-refractivity contribution in [2.75, 3.05) is 20.2 Å². The van der Waals surface area contributed by atoms with Gasteiger partial charge >= 0.3 is 5.97 Å². The number of carboxylic acids is 1. The highest BCUT2D eigenvalue weighted by molar-refractivity contribution is 5.81. The third-order valence-electron chi connectivity index (χ3n) is 2.79. The fourth-order valence-corrected chi connectivity index (χ4v) is 1.82. The van der Waals surface area contributed by atoms with Crippen molar-refractivity contribution in [1.82, 2.24) is 4.90 Å². The molecule has 1 aliphatic carbocycles. The van der Waals surface area contributed by atoms with Crippen LogP contribution in [-0.2, 0) is 14.3 Å². The molecule has 5 heteroatoms. The maximum absolute atomic E-state index is 11.5. The number of amides is 1. The molecular weight excluding hydrogens is 210 g/mol. The van der Waals surface area contributed by atoms with Crippen LogP contribution in [-0.4, -0.2) is 48.2 Å². The fraction of sp³-hybridized carbons (Fsp3) is 0.818. The molecule has 0 aliphatic heterocycles. The molecule has 0 aromatic rings. The Labute approximate surface area is 95.4 Å². The summed E-state index contributed by atoms with van der Waals surface area (Å²) in [6.45, 7) is -0.276. The van der Waals surface area contributed by atoms with Gasteiger partial charge in [0.15, 0.2) is 0 Å². The molecule has 1 fully saturated rings. The highest BCUT2D eigenvalue weighted by atomic mass is 16.5. The molecule has 0 saturated heterocycles. The summed E-state index contributed by atoms with van der Waals surface area (Å²) in [6.07, 6.45) is 5.75. The molecule has 0 radical (unpaired) electrons. The van der Waals surface area contributed by atoms with E-state index in [1.165, 1.54) is 18.4 Å². The van der Waals surface area contributed by atoms with E-state index in [0.29, 0.717) is 0 Å². The zero-order valence-electron chi connectivity index (χ0n) is 9.65. The number of rotatable bonds is 5. The van der Waals surface area contributed by atoms with Crippen LogP contribution in [0.4, 0.5) is 0 Å². The number of ether oxygens (including phenoxy) is 1. The number of nitrogens with zero attached hydrogens (tertiary/aromatic N) is 1.